The molecule has 1 aliphatic heterocycles. The smallest absolute Gasteiger partial charge is 0.326 e. The van der Waals surface area contributed by atoms with E-state index in [1.807, 2.05) is 0 Å². The first-order chi connectivity index (χ1) is 7.04. The van der Waals surface area contributed by atoms with Gasteiger partial charge in [0, 0.05) is 5.75 Å². The van der Waals surface area contributed by atoms with Gasteiger partial charge in [-0.2, -0.15) is 0 Å². The monoisotopic (exact) mass is 232 g/mol. The van der Waals surface area contributed by atoms with Gasteiger partial charge in [-0.3, -0.25) is 9.59 Å². The summed E-state index contributed by atoms with van der Waals surface area (Å²) in [7, 11) is 0. The highest BCUT2D eigenvalue weighted by Gasteiger charge is 2.30. The summed E-state index contributed by atoms with van der Waals surface area (Å²) in [6.07, 6.45) is 0.314. The molecule has 1 heterocycles. The zero-order chi connectivity index (χ0) is 11.4. The molecule has 1 saturated heterocycles. The summed E-state index contributed by atoms with van der Waals surface area (Å²) in [5.41, 5.74) is 0. The van der Waals surface area contributed by atoms with Gasteiger partial charge in [0.15, 0.2) is 0 Å². The highest BCUT2D eigenvalue weighted by molar-refractivity contribution is 8.14. The van der Waals surface area contributed by atoms with Crippen molar-refractivity contribution in [2.45, 2.75) is 25.4 Å². The average Bonchev–Trinajstić information content (AvgIpc) is 2.60. The van der Waals surface area contributed by atoms with E-state index in [1.165, 1.54) is 0 Å². The summed E-state index contributed by atoms with van der Waals surface area (Å²) in [5.74, 6) is -1.16. The van der Waals surface area contributed by atoms with Gasteiger partial charge in [0.1, 0.15) is 12.1 Å². The van der Waals surface area contributed by atoms with Crippen LogP contribution >= 0.6 is 11.8 Å². The molecule has 2 atom stereocenters. The van der Waals surface area contributed by atoms with E-state index in [4.69, 9.17) is 5.11 Å². The number of carbonyl (C=O) groups is 3. The fourth-order valence-electron chi connectivity index (χ4n) is 1.14. The highest BCUT2D eigenvalue weighted by atomic mass is 32.2. The molecule has 1 unspecified atom stereocenters. The number of thioether (sulfide) groups is 1. The Morgan fingerprint density at radius 2 is 2.40 bits per heavy atom. The van der Waals surface area contributed by atoms with Gasteiger partial charge in [0.05, 0.1) is 0 Å². The Bertz CT molecular complexity index is 294. The number of carbonyl (C=O) groups excluding carboxylic acids is 2. The maximum Gasteiger partial charge on any atom is 0.326 e. The van der Waals surface area contributed by atoms with Crippen LogP contribution in [0.1, 0.15) is 13.3 Å². The van der Waals surface area contributed by atoms with Gasteiger partial charge in [-0.15, -0.1) is 0 Å². The summed E-state index contributed by atoms with van der Waals surface area (Å²) < 4.78 is 0. The molecule has 0 radical (unpaired) electrons. The molecule has 0 aliphatic carbocycles. The average molecular weight is 232 g/mol. The normalized spacial score (nSPS) is 21.9. The van der Waals surface area contributed by atoms with E-state index < -0.39 is 24.0 Å². The molecule has 6 nitrogen and oxygen atoms in total. The van der Waals surface area contributed by atoms with Crippen molar-refractivity contribution in [3.05, 3.63) is 0 Å². The fraction of sp³-hybridized carbons (Fsp3) is 0.625. The third kappa shape index (κ3) is 3.12. The number of aliphatic carboxylic acids is 1. The van der Waals surface area contributed by atoms with Gasteiger partial charge < -0.3 is 15.7 Å². The van der Waals surface area contributed by atoms with Crippen molar-refractivity contribution in [3.63, 3.8) is 0 Å². The van der Waals surface area contributed by atoms with E-state index in [1.54, 1.807) is 6.92 Å². The van der Waals surface area contributed by atoms with Gasteiger partial charge in [-0.1, -0.05) is 18.7 Å². The molecule has 1 aliphatic rings. The van der Waals surface area contributed by atoms with E-state index in [0.29, 0.717) is 12.2 Å². The van der Waals surface area contributed by atoms with Crippen LogP contribution < -0.4 is 10.6 Å². The van der Waals surface area contributed by atoms with Gasteiger partial charge in [0.2, 0.25) is 5.91 Å². The second-order valence-electron chi connectivity index (χ2n) is 3.10. The molecule has 15 heavy (non-hydrogen) atoms. The molecule has 0 aromatic carbocycles. The summed E-state index contributed by atoms with van der Waals surface area (Å²) in [6, 6.07) is -1.50. The summed E-state index contributed by atoms with van der Waals surface area (Å²) in [6.45, 7) is 1.67. The Morgan fingerprint density at radius 3 is 2.80 bits per heavy atom. The largest absolute Gasteiger partial charge is 0.480 e. The number of carboxylic acid groups (broad SMARTS) is 1. The van der Waals surface area contributed by atoms with Crippen LogP contribution in [0, 0.1) is 0 Å². The Kier molecular flexibility index (Phi) is 3.96. The number of hydrogen-bond acceptors (Lipinski definition) is 4. The van der Waals surface area contributed by atoms with E-state index in [9.17, 15) is 14.4 Å². The fourth-order valence-corrected chi connectivity index (χ4v) is 1.91. The van der Waals surface area contributed by atoms with Crippen LogP contribution in [-0.4, -0.2) is 40.1 Å². The summed E-state index contributed by atoms with van der Waals surface area (Å²) in [4.78, 5) is 32.9. The van der Waals surface area contributed by atoms with Crippen LogP contribution in [0.5, 0.6) is 0 Å². The minimum atomic E-state index is -1.07. The summed E-state index contributed by atoms with van der Waals surface area (Å²) in [5, 5.41) is 13.3. The zero-order valence-electron chi connectivity index (χ0n) is 8.15. The molecule has 7 heteroatoms. The molecule has 0 aromatic rings. The third-order valence-electron chi connectivity index (χ3n) is 2.01. The first-order valence-corrected chi connectivity index (χ1v) is 5.49. The van der Waals surface area contributed by atoms with Crippen molar-refractivity contribution >= 4 is 28.9 Å². The lowest BCUT2D eigenvalue weighted by molar-refractivity contribution is -0.142. The molecular formula is C8H12N2O4S. The van der Waals surface area contributed by atoms with Crippen molar-refractivity contribution in [2.75, 3.05) is 5.75 Å². The molecule has 0 aromatic heterocycles. The van der Waals surface area contributed by atoms with Gasteiger partial charge >= 0.3 is 5.97 Å². The lowest BCUT2D eigenvalue weighted by Gasteiger charge is -2.15. The first-order valence-electron chi connectivity index (χ1n) is 4.51. The van der Waals surface area contributed by atoms with Crippen LogP contribution in [-0.2, 0) is 9.59 Å². The van der Waals surface area contributed by atoms with Crippen LogP contribution in [0.2, 0.25) is 0 Å². The Labute approximate surface area is 90.8 Å². The molecule has 1 rings (SSSR count). The Morgan fingerprint density at radius 1 is 1.73 bits per heavy atom. The molecule has 3 N–H and O–H groups in total. The Hall–Kier alpha value is -1.24. The van der Waals surface area contributed by atoms with Crippen LogP contribution in [0.25, 0.3) is 0 Å². The van der Waals surface area contributed by atoms with Gasteiger partial charge in [-0.25, -0.2) is 4.79 Å². The van der Waals surface area contributed by atoms with E-state index in [-0.39, 0.29) is 5.24 Å². The minimum Gasteiger partial charge on any atom is -0.480 e. The molecule has 1 fully saturated rings. The van der Waals surface area contributed by atoms with Crippen molar-refractivity contribution in [3.8, 4) is 0 Å². The third-order valence-corrected chi connectivity index (χ3v) is 2.89. The van der Waals surface area contributed by atoms with E-state index in [0.717, 1.165) is 11.8 Å². The van der Waals surface area contributed by atoms with Gasteiger partial charge in [0.25, 0.3) is 5.24 Å². The lowest BCUT2D eigenvalue weighted by atomic mass is 10.2. The van der Waals surface area contributed by atoms with Crippen molar-refractivity contribution in [2.24, 2.45) is 0 Å². The molecular weight excluding hydrogens is 220 g/mol. The van der Waals surface area contributed by atoms with Gasteiger partial charge in [-0.05, 0) is 6.42 Å². The number of hydrogen-bond donors (Lipinski definition) is 3. The first kappa shape index (κ1) is 11.8. The van der Waals surface area contributed by atoms with Crippen LogP contribution in [0.3, 0.4) is 0 Å². The molecule has 2 amide bonds. The maximum absolute atomic E-state index is 11.5. The predicted octanol–water partition coefficient (Wildman–Crippen LogP) is -0.209. The standard InChI is InChI=1S/C8H12N2O4S/c1-2-4(7(12)13)9-6(11)5-3-15-8(14)10-5/h4-5H,2-3H2,1H3,(H,9,11)(H,10,14)(H,12,13)/t4-,5?/m0/s1. The van der Waals surface area contributed by atoms with Crippen LogP contribution in [0.15, 0.2) is 0 Å². The van der Waals surface area contributed by atoms with E-state index in [2.05, 4.69) is 10.6 Å². The predicted molar refractivity (Wildman–Crippen MR) is 54.6 cm³/mol. The van der Waals surface area contributed by atoms with Crippen molar-refractivity contribution in [1.29, 1.82) is 0 Å². The maximum atomic E-state index is 11.5. The zero-order valence-corrected chi connectivity index (χ0v) is 8.97. The topological polar surface area (TPSA) is 95.5 Å². The van der Waals surface area contributed by atoms with Crippen molar-refractivity contribution < 1.29 is 19.5 Å². The second-order valence-corrected chi connectivity index (χ2v) is 4.10. The number of nitrogens with one attached hydrogen (secondary N) is 2. The van der Waals surface area contributed by atoms with Crippen molar-refractivity contribution in [1.82, 2.24) is 10.6 Å². The lowest BCUT2D eigenvalue weighted by Crippen LogP contribution is -2.49. The number of rotatable bonds is 4. The second kappa shape index (κ2) is 5.01. The SMILES string of the molecule is CC[C@H](NC(=O)C1CSC(=O)N1)C(=O)O. The quantitative estimate of drug-likeness (QED) is 0.623. The molecule has 84 valence electrons. The molecule has 0 spiro atoms. The highest BCUT2D eigenvalue weighted by Crippen LogP contribution is 2.13. The number of amides is 2. The Balaban J connectivity index is 2.47. The summed E-state index contributed by atoms with van der Waals surface area (Å²) >= 11 is 1.02. The van der Waals surface area contributed by atoms with E-state index >= 15 is 0 Å². The molecule has 0 bridgehead atoms. The molecule has 0 saturated carbocycles. The van der Waals surface area contributed by atoms with Crippen LogP contribution in [0.4, 0.5) is 4.79 Å². The minimum absolute atomic E-state index is 0.251. The number of carboxylic acids is 1.